The van der Waals surface area contributed by atoms with Crippen molar-refractivity contribution in [2.45, 2.75) is 11.8 Å². The van der Waals surface area contributed by atoms with E-state index in [0.717, 1.165) is 22.5 Å². The maximum atomic E-state index is 11.7. The number of nitrogens with zero attached hydrogens (tertiary/aromatic N) is 4. The summed E-state index contributed by atoms with van der Waals surface area (Å²) in [6.45, 7) is 0. The standard InChI is InChI=1S/C18H14N5O/c19-17(24)23-15-10-18(8-6-13(15)11-22-23,14-4-2-1-3-5-14)16-7-9-20-12-21-16/h1-9,12H,10H2,(H2,19,24). The number of benzene rings is 1. The highest BCUT2D eigenvalue weighted by Crippen LogP contribution is 2.40. The molecule has 6 nitrogen and oxygen atoms in total. The predicted molar refractivity (Wildman–Crippen MR) is 88.0 cm³/mol. The molecule has 1 atom stereocenters. The second kappa shape index (κ2) is 5.42. The van der Waals surface area contributed by atoms with E-state index >= 15 is 0 Å². The van der Waals surface area contributed by atoms with E-state index in [9.17, 15) is 4.79 Å². The van der Waals surface area contributed by atoms with Gasteiger partial charge in [-0.2, -0.15) is 9.78 Å². The van der Waals surface area contributed by atoms with Crippen LogP contribution in [0, 0.1) is 6.20 Å². The number of carbonyl (C=O) groups is 1. The van der Waals surface area contributed by atoms with E-state index in [1.165, 1.54) is 11.0 Å². The molecule has 0 saturated carbocycles. The lowest BCUT2D eigenvalue weighted by molar-refractivity contribution is 0.246. The smallest absolute Gasteiger partial charge is 0.339 e. The SMILES string of the molecule is NC(=O)n1n[c]c2c1CC(c1ccccc1)(c1ccncn1)C=C2. The molecule has 6 heteroatoms. The van der Waals surface area contributed by atoms with Crippen LogP contribution in [-0.4, -0.2) is 25.8 Å². The molecule has 1 amide bonds. The minimum atomic E-state index is -0.618. The number of carbonyl (C=O) groups excluding carboxylic acids is 1. The molecule has 2 aromatic heterocycles. The molecule has 1 radical (unpaired) electrons. The van der Waals surface area contributed by atoms with Crippen molar-refractivity contribution in [2.75, 3.05) is 0 Å². The van der Waals surface area contributed by atoms with Crippen LogP contribution in [0.15, 0.2) is 55.0 Å². The van der Waals surface area contributed by atoms with Crippen LogP contribution in [0.5, 0.6) is 0 Å². The first-order chi connectivity index (χ1) is 11.7. The quantitative estimate of drug-likeness (QED) is 0.783. The maximum Gasteiger partial charge on any atom is 0.339 e. The average molecular weight is 316 g/mol. The highest BCUT2D eigenvalue weighted by molar-refractivity contribution is 5.76. The maximum absolute atomic E-state index is 11.7. The van der Waals surface area contributed by atoms with Gasteiger partial charge in [-0.1, -0.05) is 42.5 Å². The number of primary amides is 1. The summed E-state index contributed by atoms with van der Waals surface area (Å²) in [6.07, 6.45) is 10.6. The second-order valence-electron chi connectivity index (χ2n) is 5.66. The Balaban J connectivity index is 1.93. The van der Waals surface area contributed by atoms with E-state index in [2.05, 4.69) is 27.3 Å². The van der Waals surface area contributed by atoms with E-state index in [4.69, 9.17) is 5.73 Å². The lowest BCUT2D eigenvalue weighted by Gasteiger charge is -2.33. The lowest BCUT2D eigenvalue weighted by atomic mass is 9.71. The zero-order valence-corrected chi connectivity index (χ0v) is 12.8. The molecule has 4 rings (SSSR count). The van der Waals surface area contributed by atoms with Gasteiger partial charge in [0.15, 0.2) is 0 Å². The molecule has 117 valence electrons. The molecule has 1 unspecified atom stereocenters. The minimum absolute atomic E-state index is 0.513. The van der Waals surface area contributed by atoms with E-state index < -0.39 is 11.4 Å². The fraction of sp³-hybridized carbons (Fsp3) is 0.111. The summed E-state index contributed by atoms with van der Waals surface area (Å²) in [4.78, 5) is 20.1. The zero-order valence-electron chi connectivity index (χ0n) is 12.8. The van der Waals surface area contributed by atoms with Gasteiger partial charge in [0, 0.05) is 18.2 Å². The first-order valence-electron chi connectivity index (χ1n) is 7.51. The van der Waals surface area contributed by atoms with Crippen molar-refractivity contribution >= 4 is 12.1 Å². The molecule has 0 spiro atoms. The Morgan fingerprint density at radius 3 is 2.79 bits per heavy atom. The number of fused-ring (bicyclic) bond motifs is 1. The topological polar surface area (TPSA) is 86.7 Å². The normalized spacial score (nSPS) is 19.0. The highest BCUT2D eigenvalue weighted by Gasteiger charge is 2.38. The van der Waals surface area contributed by atoms with Crippen molar-refractivity contribution < 1.29 is 4.79 Å². The summed E-state index contributed by atoms with van der Waals surface area (Å²) in [5.41, 5.74) is 8.35. The largest absolute Gasteiger partial charge is 0.350 e. The summed E-state index contributed by atoms with van der Waals surface area (Å²) >= 11 is 0. The second-order valence-corrected chi connectivity index (χ2v) is 5.66. The van der Waals surface area contributed by atoms with Crippen molar-refractivity contribution in [2.24, 2.45) is 5.73 Å². The van der Waals surface area contributed by atoms with Gasteiger partial charge in [0.1, 0.15) is 12.5 Å². The number of nitrogens with two attached hydrogens (primary N) is 1. The number of rotatable bonds is 2. The van der Waals surface area contributed by atoms with Crippen LogP contribution in [0.2, 0.25) is 0 Å². The summed E-state index contributed by atoms with van der Waals surface area (Å²) in [7, 11) is 0. The fourth-order valence-electron chi connectivity index (χ4n) is 3.19. The number of hydrogen-bond acceptors (Lipinski definition) is 4. The molecule has 1 aromatic carbocycles. The van der Waals surface area contributed by atoms with Crippen LogP contribution in [0.4, 0.5) is 4.79 Å². The third-order valence-electron chi connectivity index (χ3n) is 4.35. The first kappa shape index (κ1) is 14.3. The number of allylic oxidation sites excluding steroid dienone is 1. The van der Waals surface area contributed by atoms with Crippen molar-refractivity contribution in [3.05, 3.63) is 83.7 Å². The molecule has 0 fully saturated rings. The van der Waals surface area contributed by atoms with Crippen molar-refractivity contribution in [1.82, 2.24) is 19.7 Å². The zero-order chi connectivity index (χ0) is 16.6. The molecule has 2 heterocycles. The van der Waals surface area contributed by atoms with Gasteiger partial charge < -0.3 is 5.73 Å². The van der Waals surface area contributed by atoms with Gasteiger partial charge in [-0.05, 0) is 11.6 Å². The third kappa shape index (κ3) is 2.11. The number of hydrogen-bond donors (Lipinski definition) is 1. The van der Waals surface area contributed by atoms with Crippen LogP contribution < -0.4 is 5.73 Å². The molecule has 0 aliphatic heterocycles. The summed E-state index contributed by atoms with van der Waals surface area (Å²) in [5, 5.41) is 3.98. The first-order valence-corrected chi connectivity index (χ1v) is 7.51. The van der Waals surface area contributed by atoms with Gasteiger partial charge >= 0.3 is 6.03 Å². The molecule has 0 bridgehead atoms. The molecule has 24 heavy (non-hydrogen) atoms. The van der Waals surface area contributed by atoms with Crippen LogP contribution in [-0.2, 0) is 11.8 Å². The minimum Gasteiger partial charge on any atom is -0.350 e. The number of aromatic nitrogens is 4. The van der Waals surface area contributed by atoms with Crippen LogP contribution in [0.1, 0.15) is 22.5 Å². The Labute approximate surface area is 138 Å². The molecule has 1 aliphatic rings. The van der Waals surface area contributed by atoms with E-state index in [0.29, 0.717) is 6.42 Å². The van der Waals surface area contributed by atoms with Gasteiger partial charge in [-0.15, -0.1) is 0 Å². The van der Waals surface area contributed by atoms with Gasteiger partial charge in [0.2, 0.25) is 0 Å². The van der Waals surface area contributed by atoms with E-state index in [1.54, 1.807) is 6.20 Å². The monoisotopic (exact) mass is 316 g/mol. The summed E-state index contributed by atoms with van der Waals surface area (Å²) < 4.78 is 1.21. The molecular weight excluding hydrogens is 302 g/mol. The Bertz CT molecular complexity index is 876. The van der Waals surface area contributed by atoms with Crippen LogP contribution in [0.25, 0.3) is 6.08 Å². The van der Waals surface area contributed by atoms with Gasteiger partial charge in [-0.3, -0.25) is 0 Å². The van der Waals surface area contributed by atoms with Crippen LogP contribution >= 0.6 is 0 Å². The Morgan fingerprint density at radius 1 is 1.25 bits per heavy atom. The molecule has 3 aromatic rings. The molecule has 1 aliphatic carbocycles. The molecule has 0 saturated heterocycles. The van der Waals surface area contributed by atoms with Gasteiger partial charge in [0.25, 0.3) is 0 Å². The Kier molecular flexibility index (Phi) is 3.23. The van der Waals surface area contributed by atoms with Crippen LogP contribution in [0.3, 0.4) is 0 Å². The number of amides is 1. The van der Waals surface area contributed by atoms with Gasteiger partial charge in [-0.25, -0.2) is 14.8 Å². The fourth-order valence-corrected chi connectivity index (χ4v) is 3.19. The lowest BCUT2D eigenvalue weighted by Crippen LogP contribution is -2.34. The van der Waals surface area contributed by atoms with Crippen molar-refractivity contribution in [3.8, 4) is 0 Å². The Hall–Kier alpha value is -3.28. The van der Waals surface area contributed by atoms with Gasteiger partial charge in [0.05, 0.1) is 16.8 Å². The van der Waals surface area contributed by atoms with E-state index in [-0.39, 0.29) is 0 Å². The third-order valence-corrected chi connectivity index (χ3v) is 4.35. The predicted octanol–water partition coefficient (Wildman–Crippen LogP) is 1.96. The Morgan fingerprint density at radius 2 is 2.08 bits per heavy atom. The molecular formula is C18H14N5O. The highest BCUT2D eigenvalue weighted by atomic mass is 16.2. The van der Waals surface area contributed by atoms with E-state index in [1.807, 2.05) is 42.5 Å². The van der Waals surface area contributed by atoms with Crippen molar-refractivity contribution in [3.63, 3.8) is 0 Å². The molecule has 2 N–H and O–H groups in total. The van der Waals surface area contributed by atoms with Crippen molar-refractivity contribution in [1.29, 1.82) is 0 Å². The average Bonchev–Trinajstić information content (AvgIpc) is 3.06. The summed E-state index contributed by atoms with van der Waals surface area (Å²) in [5.74, 6) is 0. The summed E-state index contributed by atoms with van der Waals surface area (Å²) in [6, 6.07) is 11.3.